The van der Waals surface area contributed by atoms with Gasteiger partial charge >= 0.3 is 5.69 Å². The third-order valence-electron chi connectivity index (χ3n) is 0.999. The zero-order valence-corrected chi connectivity index (χ0v) is 5.46. The van der Waals surface area contributed by atoms with E-state index in [-0.39, 0.29) is 11.7 Å². The Bertz CT molecular complexity index is 288. The quantitative estimate of drug-likeness (QED) is 0.280. The zero-order valence-electron chi connectivity index (χ0n) is 5.46. The second kappa shape index (κ2) is 2.64. The van der Waals surface area contributed by atoms with E-state index in [4.69, 9.17) is 15.9 Å². The fraction of sp³-hybridized carbons (Fsp3) is 0.250. The van der Waals surface area contributed by atoms with Gasteiger partial charge in [0.25, 0.3) is 0 Å². The van der Waals surface area contributed by atoms with E-state index in [1.807, 2.05) is 4.98 Å². The van der Waals surface area contributed by atoms with E-state index >= 15 is 0 Å². The van der Waals surface area contributed by atoms with Crippen LogP contribution in [0, 0.1) is 0 Å². The Balaban J connectivity index is 2.86. The van der Waals surface area contributed by atoms with Crippen LogP contribution in [0.3, 0.4) is 0 Å². The molecule has 0 amide bonds. The third-order valence-corrected chi connectivity index (χ3v) is 0.999. The number of anilines is 1. The highest BCUT2D eigenvalue weighted by Crippen LogP contribution is 2.12. The van der Waals surface area contributed by atoms with Gasteiger partial charge in [-0.3, -0.25) is 15.7 Å². The summed E-state index contributed by atoms with van der Waals surface area (Å²) < 4.78 is 0. The minimum Gasteiger partial charge on any atom is -0.492 e. The van der Waals surface area contributed by atoms with Crippen LogP contribution in [0.5, 0.6) is 5.88 Å². The number of hydrogen-bond acceptors (Lipinski definition) is 5. The minimum absolute atomic E-state index is 0.0370. The largest absolute Gasteiger partial charge is 0.492 e. The molecule has 1 heterocycles. The van der Waals surface area contributed by atoms with Crippen molar-refractivity contribution in [3.05, 3.63) is 10.5 Å². The molecule has 0 aromatic carbocycles. The molecule has 7 nitrogen and oxygen atoms in total. The molecule has 0 saturated heterocycles. The van der Waals surface area contributed by atoms with Gasteiger partial charge in [0, 0.05) is 0 Å². The smallest absolute Gasteiger partial charge is 0.327 e. The number of aromatic amines is 2. The average molecular weight is 160 g/mol. The van der Waals surface area contributed by atoms with Crippen molar-refractivity contribution in [2.75, 3.05) is 5.32 Å². The second-order valence-corrected chi connectivity index (χ2v) is 1.89. The molecular formula is C4H8N4O3. The predicted octanol–water partition coefficient (Wildman–Crippen LogP) is -1.94. The molecule has 1 rings (SSSR count). The Morgan fingerprint density at radius 1 is 1.55 bits per heavy atom. The second-order valence-electron chi connectivity index (χ2n) is 1.89. The van der Waals surface area contributed by atoms with Gasteiger partial charge in [0.1, 0.15) is 0 Å². The average Bonchev–Trinajstić information content (AvgIpc) is 2.09. The number of rotatable bonds is 2. The molecule has 0 aliphatic carbocycles. The number of hydrogen-bond donors (Lipinski definition) is 6. The van der Waals surface area contributed by atoms with Crippen LogP contribution in [0.1, 0.15) is 0 Å². The van der Waals surface area contributed by atoms with Crippen LogP contribution in [0.4, 0.5) is 5.82 Å². The van der Waals surface area contributed by atoms with Gasteiger partial charge in [-0.05, 0) is 0 Å². The molecule has 7 N–H and O–H groups in total. The van der Waals surface area contributed by atoms with Gasteiger partial charge in [-0.2, -0.15) is 0 Å². The molecule has 1 aromatic rings. The molecule has 1 atom stereocenters. The molecule has 7 heteroatoms. The van der Waals surface area contributed by atoms with E-state index in [1.165, 1.54) is 0 Å². The number of nitrogens with one attached hydrogen (secondary N) is 3. The lowest BCUT2D eigenvalue weighted by atomic mass is 10.7. The van der Waals surface area contributed by atoms with Crippen LogP contribution < -0.4 is 16.7 Å². The van der Waals surface area contributed by atoms with E-state index in [2.05, 4.69) is 10.3 Å². The molecule has 1 unspecified atom stereocenters. The van der Waals surface area contributed by atoms with Crippen molar-refractivity contribution in [3.63, 3.8) is 0 Å². The van der Waals surface area contributed by atoms with E-state index in [1.54, 1.807) is 0 Å². The monoisotopic (exact) mass is 160 g/mol. The molecule has 0 aliphatic heterocycles. The minimum atomic E-state index is -1.33. The zero-order chi connectivity index (χ0) is 8.43. The lowest BCUT2D eigenvalue weighted by Gasteiger charge is -2.04. The van der Waals surface area contributed by atoms with E-state index < -0.39 is 12.0 Å². The van der Waals surface area contributed by atoms with Crippen LogP contribution in [0.25, 0.3) is 0 Å². The van der Waals surface area contributed by atoms with E-state index in [0.29, 0.717) is 0 Å². The predicted molar refractivity (Wildman–Crippen MR) is 36.9 cm³/mol. The first kappa shape index (κ1) is 7.63. The number of aliphatic hydroxyl groups is 1. The van der Waals surface area contributed by atoms with Crippen LogP contribution in [0.2, 0.25) is 0 Å². The summed E-state index contributed by atoms with van der Waals surface area (Å²) in [5, 5.41) is 19.6. The first-order chi connectivity index (χ1) is 5.09. The molecule has 0 spiro atoms. The maximum atomic E-state index is 10.5. The maximum absolute atomic E-state index is 10.5. The van der Waals surface area contributed by atoms with Gasteiger partial charge in [0.15, 0.2) is 12.2 Å². The molecule has 62 valence electrons. The Morgan fingerprint density at radius 3 is 2.55 bits per heavy atom. The van der Waals surface area contributed by atoms with E-state index in [9.17, 15) is 4.79 Å². The SMILES string of the molecule is NC(O)Nc1[nH]c(=O)[nH]c1O. The van der Waals surface area contributed by atoms with Crippen LogP contribution in [0.15, 0.2) is 4.79 Å². The normalized spacial score (nSPS) is 12.9. The Morgan fingerprint density at radius 2 is 2.18 bits per heavy atom. The summed E-state index contributed by atoms with van der Waals surface area (Å²) in [7, 11) is 0. The summed E-state index contributed by atoms with van der Waals surface area (Å²) in [5.74, 6) is -0.426. The molecule has 0 radical (unpaired) electrons. The number of aromatic hydroxyl groups is 1. The van der Waals surface area contributed by atoms with Crippen molar-refractivity contribution in [1.82, 2.24) is 9.97 Å². The number of aliphatic hydroxyl groups excluding tert-OH is 1. The highest BCUT2D eigenvalue weighted by Gasteiger charge is 2.05. The van der Waals surface area contributed by atoms with Crippen molar-refractivity contribution >= 4 is 5.82 Å². The number of nitrogens with two attached hydrogens (primary N) is 1. The van der Waals surface area contributed by atoms with Gasteiger partial charge < -0.3 is 15.5 Å². The van der Waals surface area contributed by atoms with Crippen molar-refractivity contribution in [3.8, 4) is 5.88 Å². The van der Waals surface area contributed by atoms with Crippen LogP contribution in [-0.2, 0) is 0 Å². The summed E-state index contributed by atoms with van der Waals surface area (Å²) in [6.07, 6.45) is -1.33. The number of aromatic nitrogens is 2. The van der Waals surface area contributed by atoms with Gasteiger partial charge in [-0.25, -0.2) is 4.79 Å². The van der Waals surface area contributed by atoms with Crippen molar-refractivity contribution in [1.29, 1.82) is 0 Å². The molecule has 0 aliphatic rings. The molecule has 0 fully saturated rings. The summed E-state index contributed by atoms with van der Waals surface area (Å²) in [6, 6.07) is 0. The summed E-state index contributed by atoms with van der Waals surface area (Å²) in [4.78, 5) is 14.7. The number of H-pyrrole nitrogens is 2. The molecule has 0 bridgehead atoms. The van der Waals surface area contributed by atoms with Crippen molar-refractivity contribution in [2.45, 2.75) is 6.35 Å². The Hall–Kier alpha value is -1.47. The molecule has 1 aromatic heterocycles. The van der Waals surface area contributed by atoms with Crippen molar-refractivity contribution < 1.29 is 10.2 Å². The van der Waals surface area contributed by atoms with Crippen LogP contribution >= 0.6 is 0 Å². The van der Waals surface area contributed by atoms with Gasteiger partial charge in [-0.15, -0.1) is 0 Å². The maximum Gasteiger partial charge on any atom is 0.327 e. The first-order valence-corrected chi connectivity index (χ1v) is 2.81. The number of imidazole rings is 1. The third kappa shape index (κ3) is 1.72. The molecular weight excluding hydrogens is 152 g/mol. The highest BCUT2D eigenvalue weighted by molar-refractivity contribution is 5.44. The Kier molecular flexibility index (Phi) is 1.83. The summed E-state index contributed by atoms with van der Waals surface area (Å²) in [5.41, 5.74) is 4.32. The lowest BCUT2D eigenvalue weighted by molar-refractivity contribution is 0.211. The van der Waals surface area contributed by atoms with Gasteiger partial charge in [0.2, 0.25) is 5.88 Å². The van der Waals surface area contributed by atoms with Gasteiger partial charge in [0.05, 0.1) is 0 Å². The summed E-state index contributed by atoms with van der Waals surface area (Å²) >= 11 is 0. The Labute approximate surface area is 60.9 Å². The lowest BCUT2D eigenvalue weighted by Crippen LogP contribution is -2.28. The standard InChI is InChI=1S/C4H8N4O3/c5-3(10)6-1-2(9)8-4(11)7-1/h3,6,9-10H,5H2,(H2,7,8,11). The van der Waals surface area contributed by atoms with E-state index in [0.717, 1.165) is 0 Å². The highest BCUT2D eigenvalue weighted by atomic mass is 16.3. The van der Waals surface area contributed by atoms with Crippen molar-refractivity contribution in [2.24, 2.45) is 5.73 Å². The fourth-order valence-electron chi connectivity index (χ4n) is 0.626. The molecule has 0 saturated carbocycles. The first-order valence-electron chi connectivity index (χ1n) is 2.81. The topological polar surface area (TPSA) is 127 Å². The molecule has 11 heavy (non-hydrogen) atoms. The fourth-order valence-corrected chi connectivity index (χ4v) is 0.626. The van der Waals surface area contributed by atoms with Gasteiger partial charge in [-0.1, -0.05) is 0 Å². The summed E-state index contributed by atoms with van der Waals surface area (Å²) in [6.45, 7) is 0. The van der Waals surface area contributed by atoms with Crippen LogP contribution in [-0.4, -0.2) is 26.5 Å².